The summed E-state index contributed by atoms with van der Waals surface area (Å²) in [6.07, 6.45) is 6.03. The van der Waals surface area contributed by atoms with Crippen LogP contribution in [0.3, 0.4) is 0 Å². The van der Waals surface area contributed by atoms with Gasteiger partial charge in [-0.2, -0.15) is 0 Å². The summed E-state index contributed by atoms with van der Waals surface area (Å²) in [4.78, 5) is 40.7. The van der Waals surface area contributed by atoms with Crippen LogP contribution in [0.5, 0.6) is 0 Å². The van der Waals surface area contributed by atoms with Gasteiger partial charge >= 0.3 is 0 Å². The number of carbonyl (C=O) groups excluding carboxylic acids is 2. The molecule has 6 nitrogen and oxygen atoms in total. The quantitative estimate of drug-likeness (QED) is 0.239. The first-order valence-corrected chi connectivity index (χ1v) is 14.5. The minimum Gasteiger partial charge on any atom is -0.341 e. The Labute approximate surface area is 242 Å². The van der Waals surface area contributed by atoms with E-state index in [0.717, 1.165) is 52.8 Å². The molecule has 200 valence electrons. The molecular formula is C31H30BrClN4O2. The lowest BCUT2D eigenvalue weighted by Gasteiger charge is -2.49. The van der Waals surface area contributed by atoms with Gasteiger partial charge in [0, 0.05) is 45.3 Å². The number of allylic oxidation sites excluding steroid dienone is 1. The number of anilines is 2. The molecule has 0 spiro atoms. The van der Waals surface area contributed by atoms with E-state index in [0.29, 0.717) is 34.2 Å². The number of hydrogen-bond donors (Lipinski definition) is 0. The standard InChI is InChI=1S/C31H30BrClN4O2/c1-18-24(16-34-29(35-18)36-11-5-6-12-36)26(38)15-23-22-13-20(32)14-25-27(22)37(28(23)39)30(2,3)17-31(25,4)19-7-9-21(33)10-8-19/h7-10,13-16H,5-6,11-12,17H2,1-4H3/b23-15+. The van der Waals surface area contributed by atoms with Crippen LogP contribution in [0.25, 0.3) is 5.57 Å². The Kier molecular flexibility index (Phi) is 6.23. The van der Waals surface area contributed by atoms with Crippen LogP contribution in [0, 0.1) is 6.92 Å². The molecule has 1 aromatic heterocycles. The third-order valence-electron chi connectivity index (χ3n) is 8.39. The van der Waals surface area contributed by atoms with Gasteiger partial charge in [-0.1, -0.05) is 46.6 Å². The topological polar surface area (TPSA) is 66.4 Å². The van der Waals surface area contributed by atoms with E-state index in [2.05, 4.69) is 69.8 Å². The van der Waals surface area contributed by atoms with Crippen LogP contribution in [0.2, 0.25) is 5.02 Å². The molecule has 1 unspecified atom stereocenters. The van der Waals surface area contributed by atoms with Crippen LogP contribution in [-0.2, 0) is 10.2 Å². The number of halogens is 2. The van der Waals surface area contributed by atoms with Gasteiger partial charge in [0.25, 0.3) is 5.91 Å². The van der Waals surface area contributed by atoms with Gasteiger partial charge in [0.2, 0.25) is 5.95 Å². The van der Waals surface area contributed by atoms with Crippen molar-refractivity contribution in [2.45, 2.75) is 57.9 Å². The van der Waals surface area contributed by atoms with Crippen molar-refractivity contribution >= 4 is 56.4 Å². The van der Waals surface area contributed by atoms with Gasteiger partial charge in [0.15, 0.2) is 5.78 Å². The number of aromatic nitrogens is 2. The van der Waals surface area contributed by atoms with E-state index in [9.17, 15) is 9.59 Å². The highest BCUT2D eigenvalue weighted by molar-refractivity contribution is 9.10. The highest BCUT2D eigenvalue weighted by Crippen LogP contribution is 2.56. The average molecular weight is 606 g/mol. The van der Waals surface area contributed by atoms with Crippen LogP contribution >= 0.6 is 27.5 Å². The smallest absolute Gasteiger partial charge is 0.259 e. The summed E-state index contributed by atoms with van der Waals surface area (Å²) in [5.74, 6) is 0.231. The molecule has 0 aliphatic carbocycles. The van der Waals surface area contributed by atoms with Crippen LogP contribution in [-0.4, -0.2) is 40.3 Å². The summed E-state index contributed by atoms with van der Waals surface area (Å²) in [5.41, 5.74) is 4.38. The Morgan fingerprint density at radius 2 is 1.79 bits per heavy atom. The van der Waals surface area contributed by atoms with Gasteiger partial charge in [-0.3, -0.25) is 9.59 Å². The Balaban J connectivity index is 1.46. The number of hydrogen-bond acceptors (Lipinski definition) is 5. The van der Waals surface area contributed by atoms with Crippen molar-refractivity contribution in [3.63, 3.8) is 0 Å². The summed E-state index contributed by atoms with van der Waals surface area (Å²) in [6.45, 7) is 10.1. The molecule has 3 aromatic rings. The number of carbonyl (C=O) groups is 2. The van der Waals surface area contributed by atoms with Crippen molar-refractivity contribution in [2.75, 3.05) is 22.9 Å². The number of nitrogens with zero attached hydrogens (tertiary/aromatic N) is 4. The van der Waals surface area contributed by atoms with Crippen molar-refractivity contribution in [3.8, 4) is 0 Å². The van der Waals surface area contributed by atoms with E-state index < -0.39 is 5.54 Å². The molecule has 8 heteroatoms. The Hall–Kier alpha value is -3.03. The number of aryl methyl sites for hydroxylation is 1. The van der Waals surface area contributed by atoms with Gasteiger partial charge in [-0.05, 0) is 81.5 Å². The summed E-state index contributed by atoms with van der Waals surface area (Å²) in [5, 5.41) is 0.685. The zero-order chi connectivity index (χ0) is 27.7. The molecular weight excluding hydrogens is 576 g/mol. The van der Waals surface area contributed by atoms with Crippen LogP contribution in [0.15, 0.2) is 53.1 Å². The third-order valence-corrected chi connectivity index (χ3v) is 9.10. The Bertz CT molecular complexity index is 1560. The zero-order valence-electron chi connectivity index (χ0n) is 22.5. The summed E-state index contributed by atoms with van der Waals surface area (Å²) in [7, 11) is 0. The predicted octanol–water partition coefficient (Wildman–Crippen LogP) is 6.90. The lowest BCUT2D eigenvalue weighted by Crippen LogP contribution is -2.54. The van der Waals surface area contributed by atoms with E-state index in [-0.39, 0.29) is 17.1 Å². The number of rotatable bonds is 4. The van der Waals surface area contributed by atoms with Gasteiger partial charge in [0.05, 0.1) is 22.5 Å². The van der Waals surface area contributed by atoms with Crippen LogP contribution < -0.4 is 9.80 Å². The lowest BCUT2D eigenvalue weighted by molar-refractivity contribution is -0.114. The van der Waals surface area contributed by atoms with E-state index in [1.165, 1.54) is 6.08 Å². The summed E-state index contributed by atoms with van der Waals surface area (Å²) in [6, 6.07) is 12.0. The first-order chi connectivity index (χ1) is 18.5. The van der Waals surface area contributed by atoms with E-state index in [1.807, 2.05) is 30.0 Å². The van der Waals surface area contributed by atoms with Crippen molar-refractivity contribution in [1.82, 2.24) is 9.97 Å². The second-order valence-corrected chi connectivity index (χ2v) is 13.0. The zero-order valence-corrected chi connectivity index (χ0v) is 24.9. The monoisotopic (exact) mass is 604 g/mol. The van der Waals surface area contributed by atoms with Crippen molar-refractivity contribution in [2.24, 2.45) is 0 Å². The van der Waals surface area contributed by atoms with E-state index >= 15 is 0 Å². The fourth-order valence-corrected chi connectivity index (χ4v) is 7.19. The Morgan fingerprint density at radius 1 is 1.10 bits per heavy atom. The number of amides is 1. The first-order valence-electron chi connectivity index (χ1n) is 13.3. The molecule has 0 bridgehead atoms. The Morgan fingerprint density at radius 3 is 2.46 bits per heavy atom. The largest absolute Gasteiger partial charge is 0.341 e. The third kappa shape index (κ3) is 4.21. The van der Waals surface area contributed by atoms with Crippen molar-refractivity contribution in [1.29, 1.82) is 0 Å². The van der Waals surface area contributed by atoms with Gasteiger partial charge in [0.1, 0.15) is 0 Å². The molecule has 1 fully saturated rings. The lowest BCUT2D eigenvalue weighted by atomic mass is 9.65. The molecule has 1 saturated heterocycles. The van der Waals surface area contributed by atoms with E-state index in [1.54, 1.807) is 6.20 Å². The highest BCUT2D eigenvalue weighted by Gasteiger charge is 2.52. The van der Waals surface area contributed by atoms with Crippen molar-refractivity contribution in [3.05, 3.63) is 86.1 Å². The van der Waals surface area contributed by atoms with Crippen molar-refractivity contribution < 1.29 is 9.59 Å². The fraction of sp³-hybridized carbons (Fsp3) is 0.355. The maximum Gasteiger partial charge on any atom is 0.259 e. The maximum absolute atomic E-state index is 14.0. The molecule has 0 radical (unpaired) electrons. The minimum atomic E-state index is -0.490. The molecule has 0 saturated carbocycles. The highest BCUT2D eigenvalue weighted by atomic mass is 79.9. The second-order valence-electron chi connectivity index (χ2n) is 11.6. The molecule has 3 aliphatic heterocycles. The van der Waals surface area contributed by atoms with Gasteiger partial charge in [-0.15, -0.1) is 0 Å². The maximum atomic E-state index is 14.0. The normalized spacial score (nSPS) is 22.5. The SMILES string of the molecule is Cc1nc(N2CCCC2)ncc1C(=O)/C=C1/C(=O)N2c3c1cc(Br)cc3C(C)(c1ccc(Cl)cc1)CC2(C)C. The van der Waals surface area contributed by atoms with Gasteiger partial charge in [-0.25, -0.2) is 9.97 Å². The fourth-order valence-electron chi connectivity index (χ4n) is 6.61. The van der Waals surface area contributed by atoms with Crippen LogP contribution in [0.4, 0.5) is 11.6 Å². The number of ketones is 1. The molecule has 1 atom stereocenters. The predicted molar refractivity (Wildman–Crippen MR) is 159 cm³/mol. The van der Waals surface area contributed by atoms with Crippen LogP contribution in [0.1, 0.15) is 72.8 Å². The second kappa shape index (κ2) is 9.27. The van der Waals surface area contributed by atoms with E-state index in [4.69, 9.17) is 11.6 Å². The van der Waals surface area contributed by atoms with Gasteiger partial charge < -0.3 is 9.80 Å². The summed E-state index contributed by atoms with van der Waals surface area (Å²) >= 11 is 9.90. The molecule has 39 heavy (non-hydrogen) atoms. The molecule has 0 N–H and O–H groups in total. The molecule has 2 aromatic carbocycles. The average Bonchev–Trinajstić information content (AvgIpc) is 3.50. The molecule has 1 amide bonds. The first kappa shape index (κ1) is 26.2. The molecule has 6 rings (SSSR count). The number of benzene rings is 2. The molecule has 4 heterocycles. The summed E-state index contributed by atoms with van der Waals surface area (Å²) < 4.78 is 0.860. The molecule has 3 aliphatic rings. The minimum absolute atomic E-state index is 0.159.